The first-order valence-electron chi connectivity index (χ1n) is 14.7. The van der Waals surface area contributed by atoms with Gasteiger partial charge in [-0.3, -0.25) is 9.59 Å². The molecule has 45 heavy (non-hydrogen) atoms. The molecule has 0 fully saturated rings. The maximum absolute atomic E-state index is 12.3. The van der Waals surface area contributed by atoms with Crippen LogP contribution in [0, 0.1) is 0 Å². The Kier molecular flexibility index (Phi) is 5.43. The maximum atomic E-state index is 12.3. The van der Waals surface area contributed by atoms with E-state index in [1.165, 1.54) is 12.1 Å². The van der Waals surface area contributed by atoms with Crippen molar-refractivity contribution in [3.8, 4) is 22.3 Å². The maximum Gasteiger partial charge on any atom is 0.182 e. The van der Waals surface area contributed by atoms with Crippen LogP contribution in [0.15, 0.2) is 156 Å². The van der Waals surface area contributed by atoms with Gasteiger partial charge in [-0.15, -0.1) is 0 Å². The van der Waals surface area contributed by atoms with E-state index in [0.717, 1.165) is 54.6 Å². The summed E-state index contributed by atoms with van der Waals surface area (Å²) in [6.07, 6.45) is 0. The number of hydrogen-bond donors (Lipinski definition) is 0. The zero-order valence-electron chi connectivity index (χ0n) is 23.7. The monoisotopic (exact) mass is 582 g/mol. The summed E-state index contributed by atoms with van der Waals surface area (Å²) in [6, 6.07) is 42.1. The lowest BCUT2D eigenvalue weighted by molar-refractivity contribution is 0.643. The van der Waals surface area contributed by atoms with E-state index in [4.69, 9.17) is 13.3 Å². The Hall–Kier alpha value is -6.20. The molecular weight excluding hydrogens is 560 g/mol. The van der Waals surface area contributed by atoms with Gasteiger partial charge in [-0.1, -0.05) is 72.8 Å². The van der Waals surface area contributed by atoms with Crippen LogP contribution in [-0.4, -0.2) is 0 Å². The Balaban J connectivity index is 1.38. The Morgan fingerprint density at radius 3 is 1.18 bits per heavy atom. The van der Waals surface area contributed by atoms with E-state index in [0.29, 0.717) is 33.5 Å². The van der Waals surface area contributed by atoms with Gasteiger partial charge >= 0.3 is 0 Å². The van der Waals surface area contributed by atoms with Crippen LogP contribution in [0.2, 0.25) is 0 Å². The van der Waals surface area contributed by atoms with Crippen LogP contribution < -0.4 is 10.9 Å². The second kappa shape index (κ2) is 9.66. The predicted octanol–water partition coefficient (Wildman–Crippen LogP) is 10.0. The molecule has 0 saturated carbocycles. The van der Waals surface area contributed by atoms with Crippen molar-refractivity contribution in [2.24, 2.45) is 0 Å². The molecule has 0 aliphatic carbocycles. The van der Waals surface area contributed by atoms with E-state index in [1.54, 1.807) is 12.1 Å². The Bertz CT molecular complexity index is 2590. The summed E-state index contributed by atoms with van der Waals surface area (Å²) in [5, 5.41) is 5.33. The molecule has 0 N–H and O–H groups in total. The van der Waals surface area contributed by atoms with Crippen LogP contribution in [0.1, 0.15) is 0 Å². The Morgan fingerprint density at radius 2 is 0.733 bits per heavy atom. The van der Waals surface area contributed by atoms with Crippen LogP contribution in [0.25, 0.3) is 88.1 Å². The molecule has 0 spiro atoms. The molecule has 3 aromatic heterocycles. The van der Waals surface area contributed by atoms with Crippen LogP contribution >= 0.6 is 0 Å². The zero-order valence-corrected chi connectivity index (χ0v) is 23.7. The van der Waals surface area contributed by atoms with Crippen LogP contribution in [0.5, 0.6) is 0 Å². The van der Waals surface area contributed by atoms with Crippen molar-refractivity contribution >= 4 is 65.8 Å². The van der Waals surface area contributed by atoms with Gasteiger partial charge in [0.05, 0.1) is 0 Å². The minimum atomic E-state index is -0.116. The molecule has 9 aromatic rings. The fraction of sp³-hybridized carbons (Fsp3) is 0. The van der Waals surface area contributed by atoms with Crippen LogP contribution in [0.3, 0.4) is 0 Å². The highest BCUT2D eigenvalue weighted by Gasteiger charge is 2.16. The Morgan fingerprint density at radius 1 is 0.333 bits per heavy atom. The first kappa shape index (κ1) is 25.3. The second-order valence-electron chi connectivity index (χ2n) is 11.2. The summed E-state index contributed by atoms with van der Waals surface area (Å²) in [6.45, 7) is 0. The van der Waals surface area contributed by atoms with Gasteiger partial charge in [-0.25, -0.2) is 0 Å². The molecule has 0 aliphatic heterocycles. The van der Waals surface area contributed by atoms with Gasteiger partial charge in [0.1, 0.15) is 33.5 Å². The summed E-state index contributed by atoms with van der Waals surface area (Å²) in [5.41, 5.74) is 7.27. The third-order valence-corrected chi connectivity index (χ3v) is 8.43. The summed E-state index contributed by atoms with van der Waals surface area (Å²) >= 11 is 0. The smallest absolute Gasteiger partial charge is 0.182 e. The molecule has 6 aromatic carbocycles. The van der Waals surface area contributed by atoms with Crippen molar-refractivity contribution < 1.29 is 13.3 Å². The van der Waals surface area contributed by atoms with Crippen LogP contribution in [0.4, 0.5) is 0 Å². The van der Waals surface area contributed by atoms with Crippen molar-refractivity contribution in [3.05, 3.63) is 154 Å². The standard InChI is InChI=1S/C40H22O5/c41-27-13-15-29-35(19-27)44-37-21-33-25(17-31(37)39(29)23-7-3-1-4-8-23)11-12-26-18-32-38(22-34(26)43-33)45-36-20-28(42)14-16-30(36)40(32)24-9-5-2-6-10-24/h1-22H. The van der Waals surface area contributed by atoms with Gasteiger partial charge < -0.3 is 13.3 Å². The van der Waals surface area contributed by atoms with Crippen LogP contribution in [-0.2, 0) is 0 Å². The van der Waals surface area contributed by atoms with E-state index < -0.39 is 0 Å². The molecule has 9 rings (SSSR count). The van der Waals surface area contributed by atoms with Crippen molar-refractivity contribution in [1.82, 2.24) is 0 Å². The highest BCUT2D eigenvalue weighted by Crippen LogP contribution is 2.40. The largest absolute Gasteiger partial charge is 0.456 e. The highest BCUT2D eigenvalue weighted by molar-refractivity contribution is 6.13. The predicted molar refractivity (Wildman–Crippen MR) is 181 cm³/mol. The summed E-state index contributed by atoms with van der Waals surface area (Å²) in [5.74, 6) is 0. The van der Waals surface area contributed by atoms with E-state index in [1.807, 2.05) is 60.7 Å². The number of fused-ring (bicyclic) bond motifs is 6. The molecule has 0 saturated heterocycles. The van der Waals surface area contributed by atoms with E-state index >= 15 is 0 Å². The van der Waals surface area contributed by atoms with Gasteiger partial charge in [0.15, 0.2) is 10.9 Å². The fourth-order valence-corrected chi connectivity index (χ4v) is 6.40. The third kappa shape index (κ3) is 4.09. The fourth-order valence-electron chi connectivity index (χ4n) is 6.40. The highest BCUT2D eigenvalue weighted by atomic mass is 16.3. The summed E-state index contributed by atoms with van der Waals surface area (Å²) < 4.78 is 19.2. The lowest BCUT2D eigenvalue weighted by Gasteiger charge is -2.12. The molecular formula is C40H22O5. The number of rotatable bonds is 2. The van der Waals surface area contributed by atoms with Gasteiger partial charge in [-0.2, -0.15) is 0 Å². The molecule has 5 nitrogen and oxygen atoms in total. The molecule has 0 unspecified atom stereocenters. The molecule has 0 amide bonds. The number of hydrogen-bond acceptors (Lipinski definition) is 5. The van der Waals surface area contributed by atoms with Crippen molar-refractivity contribution in [3.63, 3.8) is 0 Å². The minimum Gasteiger partial charge on any atom is -0.456 e. The van der Waals surface area contributed by atoms with Gasteiger partial charge in [0, 0.05) is 67.7 Å². The van der Waals surface area contributed by atoms with Gasteiger partial charge in [0.2, 0.25) is 0 Å². The average Bonchev–Trinajstić information content (AvgIpc) is 3.23. The minimum absolute atomic E-state index is 0.116. The first-order chi connectivity index (χ1) is 22.1. The van der Waals surface area contributed by atoms with E-state index in [9.17, 15) is 9.59 Å². The molecule has 0 bridgehead atoms. The first-order valence-corrected chi connectivity index (χ1v) is 14.7. The number of benzene rings is 6. The summed E-state index contributed by atoms with van der Waals surface area (Å²) in [4.78, 5) is 24.6. The van der Waals surface area contributed by atoms with Crippen molar-refractivity contribution in [2.45, 2.75) is 0 Å². The topological polar surface area (TPSA) is 73.6 Å². The molecule has 212 valence electrons. The van der Waals surface area contributed by atoms with Crippen molar-refractivity contribution in [2.75, 3.05) is 0 Å². The lowest BCUT2D eigenvalue weighted by Crippen LogP contribution is -1.96. The molecule has 3 heterocycles. The molecule has 0 atom stereocenters. The summed E-state index contributed by atoms with van der Waals surface area (Å²) in [7, 11) is 0. The normalized spacial score (nSPS) is 11.7. The zero-order chi connectivity index (χ0) is 30.1. The van der Waals surface area contributed by atoms with Gasteiger partial charge in [-0.05, 0) is 47.5 Å². The third-order valence-electron chi connectivity index (χ3n) is 8.43. The average molecular weight is 583 g/mol. The molecule has 0 aliphatic rings. The molecule has 5 heteroatoms. The Labute approximate surface area is 254 Å². The quantitative estimate of drug-likeness (QED) is 0.190. The van der Waals surface area contributed by atoms with Gasteiger partial charge in [0.25, 0.3) is 0 Å². The second-order valence-corrected chi connectivity index (χ2v) is 11.2. The van der Waals surface area contributed by atoms with E-state index in [-0.39, 0.29) is 10.9 Å². The van der Waals surface area contributed by atoms with Crippen molar-refractivity contribution in [1.29, 1.82) is 0 Å². The SMILES string of the molecule is O=c1ccc2c(-c3ccccc3)c3cc4ccc5cc6c(-c7ccccc7)c7ccc(=O)cc7oc6cc5oc4cc3oc2c1. The molecule has 0 radical (unpaired) electrons. The van der Waals surface area contributed by atoms with E-state index in [2.05, 4.69) is 48.5 Å². The lowest BCUT2D eigenvalue weighted by atomic mass is 9.96.